The van der Waals surface area contributed by atoms with Crippen LogP contribution in [0.1, 0.15) is 57.1 Å². The highest BCUT2D eigenvalue weighted by Gasteiger charge is 2.31. The van der Waals surface area contributed by atoms with E-state index in [-0.39, 0.29) is 24.7 Å². The average Bonchev–Trinajstić information content (AvgIpc) is 2.87. The van der Waals surface area contributed by atoms with Crippen molar-refractivity contribution in [1.82, 2.24) is 26.1 Å². The number of hydrazine groups is 1. The Kier molecular flexibility index (Phi) is 12.0. The van der Waals surface area contributed by atoms with Crippen molar-refractivity contribution in [2.24, 2.45) is 5.73 Å². The number of benzene rings is 1. The van der Waals surface area contributed by atoms with Gasteiger partial charge >= 0.3 is 6.09 Å². The number of carbonyl (C=O) groups is 4. The maximum atomic E-state index is 13.3. The van der Waals surface area contributed by atoms with E-state index in [1.165, 1.54) is 17.3 Å². The maximum absolute atomic E-state index is 13.3. The molecule has 2 rings (SSSR count). The van der Waals surface area contributed by atoms with Crippen LogP contribution in [0.3, 0.4) is 0 Å². The summed E-state index contributed by atoms with van der Waals surface area (Å²) in [6.45, 7) is 8.80. The number of carbonyl (C=O) groups excluding carboxylic acids is 4. The first-order valence-corrected chi connectivity index (χ1v) is 13.0. The van der Waals surface area contributed by atoms with Gasteiger partial charge < -0.3 is 26.2 Å². The minimum absolute atomic E-state index is 0.0600. The molecule has 0 aliphatic rings. The predicted molar refractivity (Wildman–Crippen MR) is 149 cm³/mol. The minimum atomic E-state index is -1.31. The first-order valence-electron chi connectivity index (χ1n) is 13.0. The van der Waals surface area contributed by atoms with E-state index in [4.69, 9.17) is 10.5 Å². The number of primary amides is 1. The number of hydrogen-bond acceptors (Lipinski definition) is 8. The van der Waals surface area contributed by atoms with Crippen molar-refractivity contribution in [3.05, 3.63) is 66.0 Å². The zero-order valence-corrected chi connectivity index (χ0v) is 23.6. The van der Waals surface area contributed by atoms with E-state index in [2.05, 4.69) is 21.0 Å². The molecule has 0 saturated heterocycles. The van der Waals surface area contributed by atoms with Gasteiger partial charge in [-0.15, -0.1) is 0 Å². The van der Waals surface area contributed by atoms with Gasteiger partial charge in [-0.05, 0) is 58.7 Å². The molecule has 3 atom stereocenters. The first kappa shape index (κ1) is 32.2. The van der Waals surface area contributed by atoms with E-state index >= 15 is 0 Å². The van der Waals surface area contributed by atoms with Crippen LogP contribution in [0.25, 0.3) is 0 Å². The number of hydrogen-bond donors (Lipinski definition) is 5. The summed E-state index contributed by atoms with van der Waals surface area (Å²) in [5, 5.41) is 18.0. The lowest BCUT2D eigenvalue weighted by Gasteiger charge is -2.33. The fourth-order valence-corrected chi connectivity index (χ4v) is 3.71. The molecule has 12 nitrogen and oxygen atoms in total. The topological polar surface area (TPSA) is 176 Å². The molecule has 40 heavy (non-hydrogen) atoms. The number of aromatic nitrogens is 1. The van der Waals surface area contributed by atoms with Crippen LogP contribution >= 0.6 is 0 Å². The van der Waals surface area contributed by atoms with Gasteiger partial charge in [0.15, 0.2) is 0 Å². The molecule has 0 aliphatic carbocycles. The highest BCUT2D eigenvalue weighted by atomic mass is 16.6. The molecule has 6 N–H and O–H groups in total. The van der Waals surface area contributed by atoms with E-state index < -0.39 is 54.0 Å². The summed E-state index contributed by atoms with van der Waals surface area (Å²) in [6.07, 6.45) is -0.672. The molecule has 1 aromatic carbocycles. The number of pyridine rings is 1. The van der Waals surface area contributed by atoms with Gasteiger partial charge in [-0.1, -0.05) is 36.4 Å². The fraction of sp³-hybridized carbons (Fsp3) is 0.464. The van der Waals surface area contributed by atoms with Crippen LogP contribution in [0.2, 0.25) is 0 Å². The molecule has 1 unspecified atom stereocenters. The van der Waals surface area contributed by atoms with Crippen LogP contribution in [0, 0.1) is 0 Å². The van der Waals surface area contributed by atoms with Crippen LogP contribution in [-0.4, -0.2) is 75.3 Å². The van der Waals surface area contributed by atoms with Crippen LogP contribution in [0.15, 0.2) is 54.7 Å². The van der Waals surface area contributed by atoms with E-state index in [9.17, 15) is 24.3 Å². The third kappa shape index (κ3) is 11.4. The molecule has 0 saturated carbocycles. The van der Waals surface area contributed by atoms with Gasteiger partial charge in [0, 0.05) is 18.8 Å². The Bertz CT molecular complexity index is 1120. The zero-order chi connectivity index (χ0) is 29.9. The van der Waals surface area contributed by atoms with Crippen molar-refractivity contribution in [3.8, 4) is 0 Å². The number of nitrogens with two attached hydrogens (primary N) is 1. The molecular weight excluding hydrogens is 516 g/mol. The summed E-state index contributed by atoms with van der Waals surface area (Å²) in [7, 11) is 0. The Hall–Kier alpha value is -4.03. The first-order chi connectivity index (χ1) is 18.7. The fourth-order valence-electron chi connectivity index (χ4n) is 3.71. The van der Waals surface area contributed by atoms with E-state index in [1.54, 1.807) is 32.9 Å². The standard InChI is InChI=1S/C28H40N6O6/c1-18(2)34(33-27(39)40-28(3,4)5)17-23(35)21(15-19-11-7-6-8-12-19)31-26(38)22(16-24(29)36)32-25(37)20-13-9-10-14-30-20/h6-14,18,21-23,35H,15-17H2,1-5H3,(H2,29,36)(H,31,38)(H,32,37)(H,33,39)/t21-,22-,23?/m0/s1. The smallest absolute Gasteiger partial charge is 0.422 e. The Morgan fingerprint density at radius 2 is 1.68 bits per heavy atom. The number of rotatable bonds is 13. The van der Waals surface area contributed by atoms with Crippen LogP contribution < -0.4 is 21.8 Å². The molecule has 0 radical (unpaired) electrons. The molecule has 1 aromatic heterocycles. The number of amides is 4. The third-order valence-corrected chi connectivity index (χ3v) is 5.66. The van der Waals surface area contributed by atoms with Crippen molar-refractivity contribution < 1.29 is 29.0 Å². The van der Waals surface area contributed by atoms with Crippen LogP contribution in [0.5, 0.6) is 0 Å². The summed E-state index contributed by atoms with van der Waals surface area (Å²) in [6, 6.07) is 11.5. The quantitative estimate of drug-likeness (QED) is 0.229. The van der Waals surface area contributed by atoms with Gasteiger partial charge in [0.25, 0.3) is 5.91 Å². The molecule has 0 bridgehead atoms. The number of aliphatic hydroxyl groups excluding tert-OH is 1. The largest absolute Gasteiger partial charge is 0.443 e. The molecule has 0 fully saturated rings. The van der Waals surface area contributed by atoms with Crippen molar-refractivity contribution in [2.45, 2.75) is 77.3 Å². The summed E-state index contributed by atoms with van der Waals surface area (Å²) in [5.41, 5.74) is 8.17. The third-order valence-electron chi connectivity index (χ3n) is 5.66. The molecule has 0 aliphatic heterocycles. The Morgan fingerprint density at radius 1 is 1.02 bits per heavy atom. The number of nitrogens with one attached hydrogen (secondary N) is 3. The zero-order valence-electron chi connectivity index (χ0n) is 23.6. The Balaban J connectivity index is 2.24. The normalized spacial score (nSPS) is 13.7. The van der Waals surface area contributed by atoms with E-state index in [0.717, 1.165) is 5.56 Å². The lowest BCUT2D eigenvalue weighted by molar-refractivity contribution is -0.128. The summed E-state index contributed by atoms with van der Waals surface area (Å²) in [4.78, 5) is 54.1. The Labute approximate surface area is 234 Å². The number of aliphatic hydroxyl groups is 1. The molecule has 218 valence electrons. The minimum Gasteiger partial charge on any atom is -0.443 e. The second-order valence-corrected chi connectivity index (χ2v) is 10.6. The van der Waals surface area contributed by atoms with Gasteiger partial charge in [-0.3, -0.25) is 24.8 Å². The second-order valence-electron chi connectivity index (χ2n) is 10.6. The van der Waals surface area contributed by atoms with Crippen molar-refractivity contribution in [2.75, 3.05) is 6.54 Å². The van der Waals surface area contributed by atoms with Crippen molar-refractivity contribution >= 4 is 23.8 Å². The van der Waals surface area contributed by atoms with Crippen molar-refractivity contribution in [3.63, 3.8) is 0 Å². The van der Waals surface area contributed by atoms with Gasteiger partial charge in [0.2, 0.25) is 11.8 Å². The van der Waals surface area contributed by atoms with Gasteiger partial charge in [-0.2, -0.15) is 0 Å². The van der Waals surface area contributed by atoms with Crippen LogP contribution in [0.4, 0.5) is 4.79 Å². The molecule has 2 aromatic rings. The van der Waals surface area contributed by atoms with Gasteiger partial charge in [0.05, 0.1) is 18.6 Å². The molecule has 0 spiro atoms. The second kappa shape index (κ2) is 14.9. The van der Waals surface area contributed by atoms with Gasteiger partial charge in [0.1, 0.15) is 17.3 Å². The van der Waals surface area contributed by atoms with E-state index in [1.807, 2.05) is 44.2 Å². The van der Waals surface area contributed by atoms with E-state index in [0.29, 0.717) is 0 Å². The number of nitrogens with zero attached hydrogens (tertiary/aromatic N) is 2. The molecule has 1 heterocycles. The highest BCUT2D eigenvalue weighted by molar-refractivity contribution is 5.97. The highest BCUT2D eigenvalue weighted by Crippen LogP contribution is 2.11. The summed E-state index contributed by atoms with van der Waals surface area (Å²) < 4.78 is 5.33. The predicted octanol–water partition coefficient (Wildman–Crippen LogP) is 1.29. The average molecular weight is 557 g/mol. The number of ether oxygens (including phenoxy) is 1. The monoisotopic (exact) mass is 556 g/mol. The van der Waals surface area contributed by atoms with Gasteiger partial charge in [-0.25, -0.2) is 9.80 Å². The summed E-state index contributed by atoms with van der Waals surface area (Å²) >= 11 is 0. The lowest BCUT2D eigenvalue weighted by atomic mass is 9.99. The van der Waals surface area contributed by atoms with Crippen molar-refractivity contribution in [1.29, 1.82) is 0 Å². The summed E-state index contributed by atoms with van der Waals surface area (Å²) in [5.74, 6) is -2.16. The molecule has 12 heteroatoms. The SMILES string of the molecule is CC(C)N(CC(O)[C@H](Cc1ccccc1)NC(=O)[C@H](CC(N)=O)NC(=O)c1ccccn1)NC(=O)OC(C)(C)C. The van der Waals surface area contributed by atoms with Crippen LogP contribution in [-0.2, 0) is 20.7 Å². The Morgan fingerprint density at radius 3 is 2.23 bits per heavy atom. The molecule has 4 amide bonds. The molecular formula is C28H40N6O6. The lowest BCUT2D eigenvalue weighted by Crippen LogP contribution is -2.58. The maximum Gasteiger partial charge on any atom is 0.422 e.